The molecule has 0 heterocycles. The van der Waals surface area contributed by atoms with Crippen molar-refractivity contribution in [2.24, 2.45) is 5.10 Å². The fraction of sp³-hybridized carbons (Fsp3) is 0.150. The Bertz CT molecular complexity index is 1200. The Labute approximate surface area is 169 Å². The molecule has 0 fully saturated rings. The molecular formula is C20H21N2O5PS. The summed E-state index contributed by atoms with van der Waals surface area (Å²) in [6.07, 6.45) is 0. The van der Waals surface area contributed by atoms with E-state index in [1.165, 1.54) is 26.4 Å². The van der Waals surface area contributed by atoms with E-state index in [1.54, 1.807) is 24.3 Å². The molecule has 152 valence electrons. The Balaban J connectivity index is 2.07. The third kappa shape index (κ3) is 4.57. The molecule has 3 aromatic carbocycles. The van der Waals surface area contributed by atoms with Crippen molar-refractivity contribution in [2.75, 3.05) is 14.2 Å². The SMILES string of the molecule is COP(=O)(OC)/C(=N/NS(=O)(=O)c1ccc(C)cc1)c1ccc2ccccc2c1. The van der Waals surface area contributed by atoms with Crippen LogP contribution in [0.1, 0.15) is 11.1 Å². The summed E-state index contributed by atoms with van der Waals surface area (Å²) in [4.78, 5) is 2.18. The summed E-state index contributed by atoms with van der Waals surface area (Å²) in [7, 11) is -5.39. The number of hydrogen-bond donors (Lipinski definition) is 1. The fourth-order valence-electron chi connectivity index (χ4n) is 2.73. The first kappa shape index (κ1) is 21.2. The van der Waals surface area contributed by atoms with Gasteiger partial charge in [0.25, 0.3) is 10.0 Å². The molecule has 0 spiro atoms. The molecule has 0 saturated heterocycles. The lowest BCUT2D eigenvalue weighted by atomic mass is 10.1. The number of hydrazone groups is 1. The second-order valence-corrected chi connectivity index (χ2v) is 10.1. The van der Waals surface area contributed by atoms with Gasteiger partial charge in [-0.2, -0.15) is 18.4 Å². The van der Waals surface area contributed by atoms with Gasteiger partial charge in [0.1, 0.15) is 0 Å². The van der Waals surface area contributed by atoms with Gasteiger partial charge in [0, 0.05) is 19.8 Å². The largest absolute Gasteiger partial charge is 0.381 e. The molecular weight excluding hydrogens is 411 g/mol. The summed E-state index contributed by atoms with van der Waals surface area (Å²) in [5.74, 6) is 0. The molecule has 1 N–H and O–H groups in total. The van der Waals surface area contributed by atoms with Crippen LogP contribution in [0.4, 0.5) is 0 Å². The van der Waals surface area contributed by atoms with Gasteiger partial charge in [-0.1, -0.05) is 54.1 Å². The highest BCUT2D eigenvalue weighted by atomic mass is 32.2. The molecule has 0 amide bonds. The van der Waals surface area contributed by atoms with Crippen LogP contribution in [0.3, 0.4) is 0 Å². The zero-order chi connectivity index (χ0) is 21.1. The molecule has 0 atom stereocenters. The van der Waals surface area contributed by atoms with Gasteiger partial charge in [0.05, 0.1) is 4.90 Å². The lowest BCUT2D eigenvalue weighted by Crippen LogP contribution is -2.21. The van der Waals surface area contributed by atoms with E-state index in [4.69, 9.17) is 9.05 Å². The Kier molecular flexibility index (Phi) is 6.19. The molecule has 7 nitrogen and oxygen atoms in total. The van der Waals surface area contributed by atoms with Crippen LogP contribution in [0.5, 0.6) is 0 Å². The smallest absolute Gasteiger partial charge is 0.307 e. The number of aryl methyl sites for hydroxylation is 1. The Morgan fingerprint density at radius 2 is 1.55 bits per heavy atom. The second kappa shape index (κ2) is 8.47. The maximum Gasteiger partial charge on any atom is 0.381 e. The van der Waals surface area contributed by atoms with Crippen molar-refractivity contribution in [2.45, 2.75) is 11.8 Å². The topological polar surface area (TPSA) is 94.1 Å². The Morgan fingerprint density at radius 1 is 0.931 bits per heavy atom. The van der Waals surface area contributed by atoms with Gasteiger partial charge in [-0.05, 0) is 35.9 Å². The number of fused-ring (bicyclic) bond motifs is 1. The van der Waals surface area contributed by atoms with Gasteiger partial charge in [0.15, 0.2) is 5.45 Å². The first-order chi connectivity index (χ1) is 13.8. The Hall–Kier alpha value is -2.51. The minimum absolute atomic E-state index is 0.0365. The maximum absolute atomic E-state index is 13.1. The predicted molar refractivity (Wildman–Crippen MR) is 114 cm³/mol. The molecule has 3 aromatic rings. The van der Waals surface area contributed by atoms with Crippen LogP contribution in [-0.2, 0) is 23.6 Å². The number of nitrogens with zero attached hydrogens (tertiary/aromatic N) is 1. The van der Waals surface area contributed by atoms with Gasteiger partial charge in [-0.25, -0.2) is 0 Å². The summed E-state index contributed by atoms with van der Waals surface area (Å²) < 4.78 is 48.4. The van der Waals surface area contributed by atoms with Gasteiger partial charge in [0.2, 0.25) is 0 Å². The third-order valence-electron chi connectivity index (χ3n) is 4.35. The number of rotatable bonds is 7. The summed E-state index contributed by atoms with van der Waals surface area (Å²) >= 11 is 0. The van der Waals surface area contributed by atoms with E-state index in [9.17, 15) is 13.0 Å². The van der Waals surface area contributed by atoms with E-state index in [-0.39, 0.29) is 10.3 Å². The van der Waals surface area contributed by atoms with Crippen LogP contribution in [0, 0.1) is 6.92 Å². The lowest BCUT2D eigenvalue weighted by Gasteiger charge is -2.17. The molecule has 29 heavy (non-hydrogen) atoms. The Morgan fingerprint density at radius 3 is 2.17 bits per heavy atom. The number of benzene rings is 3. The minimum atomic E-state index is -3.97. The summed E-state index contributed by atoms with van der Waals surface area (Å²) in [6, 6.07) is 19.1. The van der Waals surface area contributed by atoms with E-state index < -0.39 is 17.6 Å². The fourth-order valence-corrected chi connectivity index (χ4v) is 4.73. The average Bonchev–Trinajstić information content (AvgIpc) is 2.73. The third-order valence-corrected chi connectivity index (χ3v) is 7.41. The van der Waals surface area contributed by atoms with E-state index in [2.05, 4.69) is 9.93 Å². The molecule has 0 aliphatic carbocycles. The monoisotopic (exact) mass is 432 g/mol. The molecule has 0 radical (unpaired) electrons. The molecule has 0 saturated carbocycles. The highest BCUT2D eigenvalue weighted by molar-refractivity contribution is 7.89. The molecule has 9 heteroatoms. The van der Waals surface area contributed by atoms with Gasteiger partial charge >= 0.3 is 7.60 Å². The first-order valence-electron chi connectivity index (χ1n) is 8.66. The van der Waals surface area contributed by atoms with Crippen molar-refractivity contribution in [1.82, 2.24) is 4.83 Å². The molecule has 0 unspecified atom stereocenters. The van der Waals surface area contributed by atoms with Crippen LogP contribution in [-0.4, -0.2) is 28.1 Å². The van der Waals surface area contributed by atoms with Gasteiger partial charge in [-0.3, -0.25) is 4.57 Å². The number of nitrogens with one attached hydrogen (secondary N) is 1. The lowest BCUT2D eigenvalue weighted by molar-refractivity contribution is 0.290. The normalized spacial score (nSPS) is 12.9. The quantitative estimate of drug-likeness (QED) is 0.342. The molecule has 0 aliphatic heterocycles. The molecule has 0 aromatic heterocycles. The van der Waals surface area contributed by atoms with Crippen molar-refractivity contribution >= 4 is 33.8 Å². The van der Waals surface area contributed by atoms with Crippen LogP contribution < -0.4 is 4.83 Å². The van der Waals surface area contributed by atoms with E-state index in [1.807, 2.05) is 37.3 Å². The van der Waals surface area contributed by atoms with Crippen LogP contribution in [0.2, 0.25) is 0 Å². The van der Waals surface area contributed by atoms with Gasteiger partial charge < -0.3 is 9.05 Å². The number of sulfonamides is 1. The van der Waals surface area contributed by atoms with Crippen molar-refractivity contribution in [3.8, 4) is 0 Å². The summed E-state index contributed by atoms with van der Waals surface area (Å²) in [5, 5.41) is 5.80. The summed E-state index contributed by atoms with van der Waals surface area (Å²) in [6.45, 7) is 1.85. The predicted octanol–water partition coefficient (Wildman–Crippen LogP) is 4.27. The molecule has 0 aliphatic rings. The van der Waals surface area contributed by atoms with Crippen LogP contribution in [0.15, 0.2) is 76.7 Å². The minimum Gasteiger partial charge on any atom is -0.307 e. The maximum atomic E-state index is 13.1. The van der Waals surface area contributed by atoms with E-state index in [0.717, 1.165) is 16.3 Å². The van der Waals surface area contributed by atoms with E-state index >= 15 is 0 Å². The number of hydrogen-bond acceptors (Lipinski definition) is 6. The zero-order valence-electron chi connectivity index (χ0n) is 16.2. The highest BCUT2D eigenvalue weighted by Gasteiger charge is 2.32. The van der Waals surface area contributed by atoms with Crippen LogP contribution in [0.25, 0.3) is 10.8 Å². The average molecular weight is 432 g/mol. The molecule has 0 bridgehead atoms. The summed E-state index contributed by atoms with van der Waals surface area (Å²) in [5.41, 5.74) is 1.21. The van der Waals surface area contributed by atoms with Crippen molar-refractivity contribution < 1.29 is 22.0 Å². The highest BCUT2D eigenvalue weighted by Crippen LogP contribution is 2.50. The zero-order valence-corrected chi connectivity index (χ0v) is 17.9. The second-order valence-electron chi connectivity index (χ2n) is 6.27. The van der Waals surface area contributed by atoms with Gasteiger partial charge in [-0.15, -0.1) is 0 Å². The standard InChI is InChI=1S/C20H21N2O5PS/c1-15-8-12-19(13-9-15)29(24,25)22-21-20(28(23,26-2)27-3)18-11-10-16-6-4-5-7-17(16)14-18/h4-14,22H,1-3H3/b21-20+. The van der Waals surface area contributed by atoms with Crippen molar-refractivity contribution in [3.63, 3.8) is 0 Å². The molecule has 3 rings (SSSR count). The van der Waals surface area contributed by atoms with Crippen molar-refractivity contribution in [3.05, 3.63) is 77.9 Å². The first-order valence-corrected chi connectivity index (χ1v) is 11.7. The van der Waals surface area contributed by atoms with E-state index in [0.29, 0.717) is 5.56 Å². The van der Waals surface area contributed by atoms with Crippen molar-refractivity contribution in [1.29, 1.82) is 0 Å². The van der Waals surface area contributed by atoms with Crippen LogP contribution >= 0.6 is 7.60 Å².